The number of aromatic nitrogens is 1. The van der Waals surface area contributed by atoms with E-state index in [-0.39, 0.29) is 0 Å². The van der Waals surface area contributed by atoms with Gasteiger partial charge in [-0.3, -0.25) is 0 Å². The molecule has 0 spiro atoms. The summed E-state index contributed by atoms with van der Waals surface area (Å²) in [7, 11) is 1.67. The van der Waals surface area contributed by atoms with E-state index >= 15 is 0 Å². The Morgan fingerprint density at radius 1 is 1.47 bits per heavy atom. The number of nitrogens with one attached hydrogen (secondary N) is 1. The summed E-state index contributed by atoms with van der Waals surface area (Å²) >= 11 is 14.9. The van der Waals surface area contributed by atoms with Crippen molar-refractivity contribution in [2.75, 3.05) is 25.6 Å². The highest BCUT2D eigenvalue weighted by atomic mass is 35.5. The monoisotopic (exact) mass is 308 g/mol. The van der Waals surface area contributed by atoms with E-state index in [1.807, 2.05) is 11.4 Å². The van der Waals surface area contributed by atoms with Gasteiger partial charge >= 0.3 is 0 Å². The summed E-state index contributed by atoms with van der Waals surface area (Å²) in [5, 5.41) is 5.99. The van der Waals surface area contributed by atoms with Gasteiger partial charge in [-0.15, -0.1) is 22.7 Å². The van der Waals surface area contributed by atoms with E-state index < -0.39 is 0 Å². The first kappa shape index (κ1) is 13.1. The van der Waals surface area contributed by atoms with Gasteiger partial charge < -0.3 is 10.1 Å². The summed E-state index contributed by atoms with van der Waals surface area (Å²) in [6.45, 7) is 1.39. The number of anilines is 1. The maximum absolute atomic E-state index is 6.07. The molecule has 92 valence electrons. The van der Waals surface area contributed by atoms with Crippen LogP contribution in [-0.4, -0.2) is 25.2 Å². The van der Waals surface area contributed by atoms with Gasteiger partial charge in [-0.2, -0.15) is 0 Å². The van der Waals surface area contributed by atoms with E-state index in [1.54, 1.807) is 7.11 Å². The third kappa shape index (κ3) is 3.33. The molecule has 0 aliphatic heterocycles. The molecule has 0 aliphatic carbocycles. The highest BCUT2D eigenvalue weighted by Gasteiger charge is 2.11. The molecule has 0 unspecified atom stereocenters. The Hall–Kier alpha value is -0.330. The van der Waals surface area contributed by atoms with Crippen LogP contribution < -0.4 is 5.32 Å². The van der Waals surface area contributed by atoms with E-state index in [0.717, 1.165) is 22.9 Å². The first-order chi connectivity index (χ1) is 8.20. The molecule has 17 heavy (non-hydrogen) atoms. The molecule has 0 amide bonds. The molecule has 0 radical (unpaired) electrons. The zero-order valence-electron chi connectivity index (χ0n) is 9.00. The summed E-state index contributed by atoms with van der Waals surface area (Å²) in [6.07, 6.45) is 0. The second kappa shape index (κ2) is 6.02. The Balaban J connectivity index is 2.10. The molecular formula is C10H10Cl2N2OS2. The normalized spacial score (nSPS) is 10.8. The molecule has 0 aliphatic rings. The van der Waals surface area contributed by atoms with Crippen LogP contribution in [0.5, 0.6) is 0 Å². The molecule has 0 saturated carbocycles. The molecular weight excluding hydrogens is 299 g/mol. The number of hydrogen-bond acceptors (Lipinski definition) is 5. The Kier molecular flexibility index (Phi) is 4.64. The number of thiazole rings is 1. The maximum atomic E-state index is 6.07. The summed E-state index contributed by atoms with van der Waals surface area (Å²) in [4.78, 5) is 4.44. The van der Waals surface area contributed by atoms with Crippen LogP contribution in [0.15, 0.2) is 11.4 Å². The van der Waals surface area contributed by atoms with Crippen LogP contribution in [0.3, 0.4) is 0 Å². The first-order valence-electron chi connectivity index (χ1n) is 4.84. The lowest BCUT2D eigenvalue weighted by Gasteiger charge is -1.99. The third-order valence-corrected chi connectivity index (χ3v) is 4.31. The standard InChI is InChI=1S/C10H10Cl2N2OS2/c1-15-3-2-13-10-14-7(5-16-10)6-4-8(11)17-9(6)12/h4-5H,2-3H2,1H3,(H,13,14). The third-order valence-electron chi connectivity index (χ3n) is 2.02. The van der Waals surface area contributed by atoms with Crippen molar-refractivity contribution < 1.29 is 4.74 Å². The van der Waals surface area contributed by atoms with Crippen LogP contribution in [0.4, 0.5) is 5.13 Å². The Morgan fingerprint density at radius 2 is 2.29 bits per heavy atom. The van der Waals surface area contributed by atoms with Crippen molar-refractivity contribution >= 4 is 51.0 Å². The van der Waals surface area contributed by atoms with Crippen LogP contribution in [0, 0.1) is 0 Å². The highest BCUT2D eigenvalue weighted by Crippen LogP contribution is 2.38. The van der Waals surface area contributed by atoms with Gasteiger partial charge in [0.1, 0.15) is 4.34 Å². The fourth-order valence-electron chi connectivity index (χ4n) is 1.25. The average molecular weight is 309 g/mol. The van der Waals surface area contributed by atoms with Gasteiger partial charge in [0.25, 0.3) is 0 Å². The van der Waals surface area contributed by atoms with Gasteiger partial charge in [0.05, 0.1) is 16.6 Å². The number of halogens is 2. The second-order valence-corrected chi connectivity index (χ2v) is 6.34. The smallest absolute Gasteiger partial charge is 0.183 e. The summed E-state index contributed by atoms with van der Waals surface area (Å²) in [5.74, 6) is 0. The van der Waals surface area contributed by atoms with E-state index in [4.69, 9.17) is 27.9 Å². The van der Waals surface area contributed by atoms with Crippen molar-refractivity contribution in [2.24, 2.45) is 0 Å². The molecule has 0 fully saturated rings. The fraction of sp³-hybridized carbons (Fsp3) is 0.300. The Bertz CT molecular complexity index is 498. The lowest BCUT2D eigenvalue weighted by Crippen LogP contribution is -2.06. The molecule has 2 aromatic heterocycles. The van der Waals surface area contributed by atoms with E-state index in [9.17, 15) is 0 Å². The van der Waals surface area contributed by atoms with Crippen molar-refractivity contribution in [1.82, 2.24) is 4.98 Å². The van der Waals surface area contributed by atoms with E-state index in [1.165, 1.54) is 22.7 Å². The van der Waals surface area contributed by atoms with Gasteiger partial charge in [-0.05, 0) is 6.07 Å². The van der Waals surface area contributed by atoms with Crippen LogP contribution in [0.2, 0.25) is 8.67 Å². The van der Waals surface area contributed by atoms with Crippen molar-refractivity contribution in [3.63, 3.8) is 0 Å². The molecule has 1 N–H and O–H groups in total. The highest BCUT2D eigenvalue weighted by molar-refractivity contribution is 7.20. The van der Waals surface area contributed by atoms with Crippen molar-refractivity contribution in [1.29, 1.82) is 0 Å². The van der Waals surface area contributed by atoms with Crippen molar-refractivity contribution in [3.8, 4) is 11.3 Å². The molecule has 2 aromatic rings. The number of hydrogen-bond donors (Lipinski definition) is 1. The molecule has 2 rings (SSSR count). The van der Waals surface area contributed by atoms with Gasteiger partial charge in [-0.1, -0.05) is 23.2 Å². The maximum Gasteiger partial charge on any atom is 0.183 e. The molecule has 0 saturated heterocycles. The number of methoxy groups -OCH3 is 1. The number of nitrogens with zero attached hydrogens (tertiary/aromatic N) is 1. The quantitative estimate of drug-likeness (QED) is 0.839. The van der Waals surface area contributed by atoms with Crippen LogP contribution in [-0.2, 0) is 4.74 Å². The fourth-order valence-corrected chi connectivity index (χ4v) is 3.47. The average Bonchev–Trinajstić information content (AvgIpc) is 2.86. The van der Waals surface area contributed by atoms with Gasteiger partial charge in [0, 0.05) is 24.6 Å². The summed E-state index contributed by atoms with van der Waals surface area (Å²) in [5.41, 5.74) is 1.74. The number of rotatable bonds is 5. The number of ether oxygens (including phenoxy) is 1. The summed E-state index contributed by atoms with van der Waals surface area (Å²) < 4.78 is 6.30. The zero-order valence-corrected chi connectivity index (χ0v) is 12.1. The van der Waals surface area contributed by atoms with Crippen LogP contribution in [0.1, 0.15) is 0 Å². The molecule has 7 heteroatoms. The summed E-state index contributed by atoms with van der Waals surface area (Å²) in [6, 6.07) is 1.84. The Labute approximate surface area is 117 Å². The lowest BCUT2D eigenvalue weighted by atomic mass is 10.3. The minimum Gasteiger partial charge on any atom is -0.383 e. The van der Waals surface area contributed by atoms with Gasteiger partial charge in [-0.25, -0.2) is 4.98 Å². The minimum atomic E-state index is 0.653. The minimum absolute atomic E-state index is 0.653. The SMILES string of the molecule is COCCNc1nc(-c2cc(Cl)sc2Cl)cs1. The molecule has 0 atom stereocenters. The van der Waals surface area contributed by atoms with Crippen LogP contribution >= 0.6 is 45.9 Å². The molecule has 2 heterocycles. The first-order valence-corrected chi connectivity index (χ1v) is 7.29. The zero-order chi connectivity index (χ0) is 12.3. The van der Waals surface area contributed by atoms with E-state index in [0.29, 0.717) is 15.3 Å². The largest absolute Gasteiger partial charge is 0.383 e. The Morgan fingerprint density at radius 3 is 2.94 bits per heavy atom. The molecule has 0 bridgehead atoms. The van der Waals surface area contributed by atoms with E-state index in [2.05, 4.69) is 10.3 Å². The predicted octanol–water partition coefficient (Wildman–Crippen LogP) is 4.24. The van der Waals surface area contributed by atoms with Crippen molar-refractivity contribution in [2.45, 2.75) is 0 Å². The van der Waals surface area contributed by atoms with Crippen molar-refractivity contribution in [3.05, 3.63) is 20.1 Å². The molecule has 0 aromatic carbocycles. The number of thiophene rings is 1. The lowest BCUT2D eigenvalue weighted by molar-refractivity contribution is 0.211. The van der Waals surface area contributed by atoms with Gasteiger partial charge in [0.15, 0.2) is 5.13 Å². The van der Waals surface area contributed by atoms with Gasteiger partial charge in [0.2, 0.25) is 0 Å². The van der Waals surface area contributed by atoms with Crippen LogP contribution in [0.25, 0.3) is 11.3 Å². The topological polar surface area (TPSA) is 34.1 Å². The predicted molar refractivity (Wildman–Crippen MR) is 75.8 cm³/mol. The molecule has 3 nitrogen and oxygen atoms in total. The second-order valence-electron chi connectivity index (χ2n) is 3.20.